The number of thiophene rings is 1. The number of para-hydroxylation sites is 1. The zero-order valence-electron chi connectivity index (χ0n) is 18.1. The Morgan fingerprint density at radius 3 is 2.77 bits per heavy atom. The van der Waals surface area contributed by atoms with Gasteiger partial charge in [0.25, 0.3) is 0 Å². The summed E-state index contributed by atoms with van der Waals surface area (Å²) in [5, 5.41) is 5.24. The molecule has 0 fully saturated rings. The van der Waals surface area contributed by atoms with Crippen molar-refractivity contribution in [2.24, 2.45) is 5.92 Å². The molecular weight excluding hydrogens is 420 g/mol. The summed E-state index contributed by atoms with van der Waals surface area (Å²) in [6.07, 6.45) is 3.73. The Bertz CT molecular complexity index is 1250. The number of aryl methyl sites for hydroxylation is 2. The number of anilines is 1. The van der Waals surface area contributed by atoms with E-state index in [-0.39, 0.29) is 5.91 Å². The van der Waals surface area contributed by atoms with Gasteiger partial charge in [-0.05, 0) is 73.4 Å². The summed E-state index contributed by atoms with van der Waals surface area (Å²) in [6, 6.07) is 14.5. The molecule has 0 radical (unpaired) electrons. The van der Waals surface area contributed by atoms with Crippen LogP contribution in [0, 0.1) is 19.8 Å². The second kappa shape index (κ2) is 8.21. The molecular formula is C26H26N2OS2. The smallest absolute Gasteiger partial charge is 0.229 e. The highest BCUT2D eigenvalue weighted by atomic mass is 32.1. The van der Waals surface area contributed by atoms with E-state index < -0.39 is 0 Å². The van der Waals surface area contributed by atoms with E-state index in [1.807, 2.05) is 6.07 Å². The van der Waals surface area contributed by atoms with Crippen LogP contribution in [0.3, 0.4) is 0 Å². The number of hydrogen-bond acceptors (Lipinski definition) is 4. The van der Waals surface area contributed by atoms with Crippen molar-refractivity contribution in [3.05, 3.63) is 69.6 Å². The van der Waals surface area contributed by atoms with Gasteiger partial charge in [-0.25, -0.2) is 4.98 Å². The molecule has 5 rings (SSSR count). The Morgan fingerprint density at radius 2 is 1.97 bits per heavy atom. The molecule has 0 aliphatic heterocycles. The van der Waals surface area contributed by atoms with Crippen LogP contribution in [0.2, 0.25) is 0 Å². The maximum Gasteiger partial charge on any atom is 0.229 e. The van der Waals surface area contributed by atoms with Gasteiger partial charge in [0.05, 0.1) is 16.6 Å². The summed E-state index contributed by atoms with van der Waals surface area (Å²) in [6.45, 7) is 6.51. The normalized spacial score (nSPS) is 15.8. The van der Waals surface area contributed by atoms with Crippen LogP contribution in [-0.2, 0) is 24.1 Å². The molecule has 1 aliphatic rings. The number of carbonyl (C=O) groups is 1. The molecule has 0 saturated heterocycles. The second-order valence-electron chi connectivity index (χ2n) is 8.69. The third-order valence-electron chi connectivity index (χ3n) is 6.21. The molecule has 0 bridgehead atoms. The molecule has 158 valence electrons. The number of rotatable bonds is 4. The van der Waals surface area contributed by atoms with Crippen LogP contribution in [0.25, 0.3) is 20.8 Å². The van der Waals surface area contributed by atoms with Gasteiger partial charge in [-0.3, -0.25) is 4.79 Å². The number of nitrogens with one attached hydrogen (secondary N) is 1. The molecule has 5 heteroatoms. The molecule has 2 heterocycles. The van der Waals surface area contributed by atoms with Crippen molar-refractivity contribution in [2.45, 2.75) is 46.5 Å². The standard InChI is InChI=1S/C26H26N2OS2/c1-15-8-11-19-22(12-15)31-26(24(19)25-27-20-6-4-5-7-21(20)30-25)28-23(29)14-18-10-9-16(2)17(3)13-18/h4-7,9-10,13,15H,8,11-12,14H2,1-3H3,(H,28,29)/t15-/m1/s1. The lowest BCUT2D eigenvalue weighted by Gasteiger charge is -2.18. The number of benzene rings is 2. The van der Waals surface area contributed by atoms with E-state index in [0.29, 0.717) is 12.3 Å². The number of amides is 1. The fourth-order valence-electron chi connectivity index (χ4n) is 4.31. The minimum atomic E-state index is 0.0391. The lowest BCUT2D eigenvalue weighted by Crippen LogP contribution is -2.14. The van der Waals surface area contributed by atoms with Gasteiger partial charge in [0.15, 0.2) is 0 Å². The highest BCUT2D eigenvalue weighted by Crippen LogP contribution is 2.47. The van der Waals surface area contributed by atoms with Gasteiger partial charge in [-0.2, -0.15) is 0 Å². The number of thiazole rings is 1. The van der Waals surface area contributed by atoms with Crippen LogP contribution >= 0.6 is 22.7 Å². The fourth-order valence-corrected chi connectivity index (χ4v) is 6.85. The molecule has 4 aromatic rings. The molecule has 31 heavy (non-hydrogen) atoms. The Balaban J connectivity index is 1.50. The number of hydrogen-bond donors (Lipinski definition) is 1. The van der Waals surface area contributed by atoms with Crippen LogP contribution in [0.15, 0.2) is 42.5 Å². The van der Waals surface area contributed by atoms with Crippen molar-refractivity contribution in [3.63, 3.8) is 0 Å². The lowest BCUT2D eigenvalue weighted by molar-refractivity contribution is -0.115. The van der Waals surface area contributed by atoms with Gasteiger partial charge in [-0.1, -0.05) is 37.3 Å². The summed E-state index contributed by atoms with van der Waals surface area (Å²) >= 11 is 3.47. The van der Waals surface area contributed by atoms with E-state index in [2.05, 4.69) is 62.5 Å². The molecule has 1 aliphatic carbocycles. The van der Waals surface area contributed by atoms with Crippen molar-refractivity contribution in [1.82, 2.24) is 4.98 Å². The van der Waals surface area contributed by atoms with E-state index in [1.54, 1.807) is 22.7 Å². The monoisotopic (exact) mass is 446 g/mol. The van der Waals surface area contributed by atoms with Crippen LogP contribution in [-0.4, -0.2) is 10.9 Å². The Kier molecular flexibility index (Phi) is 5.40. The van der Waals surface area contributed by atoms with Gasteiger partial charge in [0.2, 0.25) is 5.91 Å². The second-order valence-corrected chi connectivity index (χ2v) is 10.8. The van der Waals surface area contributed by atoms with Crippen molar-refractivity contribution >= 4 is 43.8 Å². The lowest BCUT2D eigenvalue weighted by atomic mass is 9.88. The maximum atomic E-state index is 13.0. The molecule has 3 nitrogen and oxygen atoms in total. The van der Waals surface area contributed by atoms with Gasteiger partial charge < -0.3 is 5.32 Å². The Hall–Kier alpha value is -2.50. The van der Waals surface area contributed by atoms with Gasteiger partial charge in [0.1, 0.15) is 10.0 Å². The number of aromatic nitrogens is 1. The molecule has 2 aromatic carbocycles. The van der Waals surface area contributed by atoms with E-state index in [1.165, 1.54) is 32.7 Å². The van der Waals surface area contributed by atoms with Crippen molar-refractivity contribution in [2.75, 3.05) is 5.32 Å². The number of nitrogens with zero attached hydrogens (tertiary/aromatic N) is 1. The Labute approximate surface area is 191 Å². The highest BCUT2D eigenvalue weighted by molar-refractivity contribution is 7.22. The average Bonchev–Trinajstić information content (AvgIpc) is 3.30. The van der Waals surface area contributed by atoms with Gasteiger partial charge in [0, 0.05) is 10.4 Å². The first-order valence-corrected chi connectivity index (χ1v) is 12.5. The minimum absolute atomic E-state index is 0.0391. The minimum Gasteiger partial charge on any atom is -0.317 e. The van der Waals surface area contributed by atoms with Crippen LogP contribution in [0.1, 0.15) is 40.5 Å². The third kappa shape index (κ3) is 4.04. The van der Waals surface area contributed by atoms with Crippen molar-refractivity contribution in [3.8, 4) is 10.6 Å². The van der Waals surface area contributed by atoms with E-state index >= 15 is 0 Å². The summed E-state index contributed by atoms with van der Waals surface area (Å²) in [7, 11) is 0. The van der Waals surface area contributed by atoms with Crippen molar-refractivity contribution in [1.29, 1.82) is 0 Å². The molecule has 1 amide bonds. The van der Waals surface area contributed by atoms with Crippen LogP contribution in [0.5, 0.6) is 0 Å². The summed E-state index contributed by atoms with van der Waals surface area (Å²) in [5.74, 6) is 0.728. The molecule has 1 atom stereocenters. The topological polar surface area (TPSA) is 42.0 Å². The van der Waals surface area contributed by atoms with Crippen molar-refractivity contribution < 1.29 is 4.79 Å². The average molecular weight is 447 g/mol. The van der Waals surface area contributed by atoms with E-state index in [0.717, 1.165) is 39.5 Å². The molecule has 0 saturated carbocycles. The van der Waals surface area contributed by atoms with Gasteiger partial charge >= 0.3 is 0 Å². The first-order valence-electron chi connectivity index (χ1n) is 10.8. The first kappa shape index (κ1) is 20.4. The highest BCUT2D eigenvalue weighted by Gasteiger charge is 2.27. The SMILES string of the molecule is Cc1ccc(CC(=O)Nc2sc3c(c2-c2nc4ccccc4s2)CC[C@@H](C)C3)cc1C. The maximum absolute atomic E-state index is 13.0. The number of fused-ring (bicyclic) bond motifs is 2. The zero-order valence-corrected chi connectivity index (χ0v) is 19.8. The van der Waals surface area contributed by atoms with Crippen LogP contribution in [0.4, 0.5) is 5.00 Å². The Morgan fingerprint density at radius 1 is 1.13 bits per heavy atom. The predicted molar refractivity (Wildman–Crippen MR) is 132 cm³/mol. The number of carbonyl (C=O) groups excluding carboxylic acids is 1. The van der Waals surface area contributed by atoms with Gasteiger partial charge in [-0.15, -0.1) is 22.7 Å². The molecule has 1 N–H and O–H groups in total. The zero-order chi connectivity index (χ0) is 21.5. The summed E-state index contributed by atoms with van der Waals surface area (Å²) in [4.78, 5) is 19.3. The quantitative estimate of drug-likeness (QED) is 0.369. The predicted octanol–water partition coefficient (Wildman–Crippen LogP) is 6.95. The molecule has 2 aromatic heterocycles. The molecule has 0 unspecified atom stereocenters. The largest absolute Gasteiger partial charge is 0.317 e. The summed E-state index contributed by atoms with van der Waals surface area (Å²) < 4.78 is 1.19. The van der Waals surface area contributed by atoms with E-state index in [9.17, 15) is 4.79 Å². The van der Waals surface area contributed by atoms with Crippen LogP contribution < -0.4 is 5.32 Å². The summed E-state index contributed by atoms with van der Waals surface area (Å²) in [5.41, 5.74) is 7.10. The molecule has 0 spiro atoms. The third-order valence-corrected chi connectivity index (χ3v) is 8.43. The first-order chi connectivity index (χ1) is 15.0. The fraction of sp³-hybridized carbons (Fsp3) is 0.308. The van der Waals surface area contributed by atoms with E-state index in [4.69, 9.17) is 4.98 Å².